The van der Waals surface area contributed by atoms with E-state index in [2.05, 4.69) is 4.98 Å². The van der Waals surface area contributed by atoms with Gasteiger partial charge in [-0.05, 0) is 86.8 Å². The molecular weight excluding hydrogens is 596 g/mol. The van der Waals surface area contributed by atoms with Crippen LogP contribution in [0.4, 0.5) is 0 Å². The molecule has 0 aliphatic heterocycles. The highest BCUT2D eigenvalue weighted by molar-refractivity contribution is 7.22. The van der Waals surface area contributed by atoms with Crippen molar-refractivity contribution in [3.63, 3.8) is 0 Å². The smallest absolute Gasteiger partial charge is 0.307 e. The number of aromatic nitrogens is 4. The minimum Gasteiger partial charge on any atom is -0.481 e. The van der Waals surface area contributed by atoms with Crippen molar-refractivity contribution in [3.8, 4) is 33.0 Å². The van der Waals surface area contributed by atoms with Gasteiger partial charge in [0.2, 0.25) is 0 Å². The molecule has 0 unspecified atom stereocenters. The summed E-state index contributed by atoms with van der Waals surface area (Å²) in [5.41, 5.74) is 7.10. The number of rotatable bonds is 5. The number of carboxylic acids is 1. The SMILES string of the molecule is CC(C)(C)O.Cc1cc2nc(-c3ccnc(-c4ccc5c(=O)n(C)n(C)c5c4)c3)sc2c(-c2ccc(Cl)cc2)c1CC(=O)O. The van der Waals surface area contributed by atoms with Gasteiger partial charge in [-0.2, -0.15) is 0 Å². The fraction of sp³-hybridized carbons (Fsp3) is 0.235. The molecule has 0 atom stereocenters. The van der Waals surface area contributed by atoms with Gasteiger partial charge in [0.25, 0.3) is 5.56 Å². The second kappa shape index (κ2) is 12.0. The molecular formula is C34H33ClN4O4S. The van der Waals surface area contributed by atoms with E-state index in [1.807, 2.05) is 79.3 Å². The van der Waals surface area contributed by atoms with Crippen LogP contribution >= 0.6 is 22.9 Å². The lowest BCUT2D eigenvalue weighted by Crippen LogP contribution is -2.16. The summed E-state index contributed by atoms with van der Waals surface area (Å²) in [6.07, 6.45) is 1.67. The molecule has 2 N–H and O–H groups in total. The molecule has 0 spiro atoms. The van der Waals surface area contributed by atoms with Crippen molar-refractivity contribution < 1.29 is 15.0 Å². The molecule has 0 radical (unpaired) electrons. The number of hydrogen-bond acceptors (Lipinski definition) is 6. The maximum absolute atomic E-state index is 12.5. The van der Waals surface area contributed by atoms with Gasteiger partial charge in [-0.1, -0.05) is 29.8 Å². The summed E-state index contributed by atoms with van der Waals surface area (Å²) in [6, 6.07) is 19.0. The predicted octanol–water partition coefficient (Wildman–Crippen LogP) is 7.25. The fourth-order valence-corrected chi connectivity index (χ4v) is 6.25. The third kappa shape index (κ3) is 6.45. The van der Waals surface area contributed by atoms with Crippen LogP contribution in [0.1, 0.15) is 31.9 Å². The van der Waals surface area contributed by atoms with Gasteiger partial charge in [-0.25, -0.2) is 4.98 Å². The van der Waals surface area contributed by atoms with Crippen molar-refractivity contribution in [1.29, 1.82) is 0 Å². The Labute approximate surface area is 263 Å². The average Bonchev–Trinajstić information content (AvgIpc) is 3.47. The second-order valence-corrected chi connectivity index (χ2v) is 13.1. The van der Waals surface area contributed by atoms with Crippen LogP contribution in [0.3, 0.4) is 0 Å². The standard InChI is InChI=1S/C30H23ClN4O3S.C4H10O/c1-16-12-24-28(27(22(16)15-26(36)37)17-4-7-20(31)8-5-17)39-29(33-24)19-10-11-32-23(13-19)18-6-9-21-25(14-18)34(2)35(3)30(21)38;1-4(2,3)5/h4-14H,15H2,1-3H3,(H,36,37);5H,1-3H3. The number of aryl methyl sites for hydroxylation is 2. The van der Waals surface area contributed by atoms with Crippen LogP contribution in [-0.2, 0) is 25.3 Å². The molecule has 0 saturated carbocycles. The summed E-state index contributed by atoms with van der Waals surface area (Å²) in [7, 11) is 3.60. The van der Waals surface area contributed by atoms with Gasteiger partial charge in [0.05, 0.1) is 38.8 Å². The van der Waals surface area contributed by atoms with E-state index in [-0.39, 0.29) is 12.0 Å². The van der Waals surface area contributed by atoms with Crippen molar-refractivity contribution in [2.45, 2.75) is 39.7 Å². The highest BCUT2D eigenvalue weighted by Gasteiger charge is 2.20. The summed E-state index contributed by atoms with van der Waals surface area (Å²) < 4.78 is 4.33. The Morgan fingerprint density at radius 3 is 2.27 bits per heavy atom. The first-order valence-electron chi connectivity index (χ1n) is 14.0. The van der Waals surface area contributed by atoms with E-state index < -0.39 is 11.6 Å². The lowest BCUT2D eigenvalue weighted by Gasteiger charge is -2.13. The molecule has 0 saturated heterocycles. The third-order valence-electron chi connectivity index (χ3n) is 7.10. The quantitative estimate of drug-likeness (QED) is 0.208. The highest BCUT2D eigenvalue weighted by Crippen LogP contribution is 2.41. The van der Waals surface area contributed by atoms with E-state index in [1.165, 1.54) is 11.3 Å². The second-order valence-electron chi connectivity index (χ2n) is 11.7. The minimum absolute atomic E-state index is 0.0377. The summed E-state index contributed by atoms with van der Waals surface area (Å²) in [5.74, 6) is -0.885. The molecule has 3 aromatic heterocycles. The largest absolute Gasteiger partial charge is 0.481 e. The number of carbonyl (C=O) groups is 1. The first kappa shape index (κ1) is 31.1. The summed E-state index contributed by atoms with van der Waals surface area (Å²) in [4.78, 5) is 33.8. The maximum atomic E-state index is 12.5. The number of halogens is 1. The van der Waals surface area contributed by atoms with Gasteiger partial charge in [0, 0.05) is 42.0 Å². The van der Waals surface area contributed by atoms with Crippen molar-refractivity contribution in [3.05, 3.63) is 93.4 Å². The Morgan fingerprint density at radius 2 is 1.61 bits per heavy atom. The molecule has 3 heterocycles. The minimum atomic E-state index is -0.885. The topological polar surface area (TPSA) is 110 Å². The van der Waals surface area contributed by atoms with Crippen LogP contribution in [0.2, 0.25) is 5.02 Å². The van der Waals surface area contributed by atoms with Crippen LogP contribution < -0.4 is 5.56 Å². The molecule has 0 amide bonds. The number of benzene rings is 3. The lowest BCUT2D eigenvalue weighted by molar-refractivity contribution is -0.136. The van der Waals surface area contributed by atoms with Crippen molar-refractivity contribution in [2.75, 3.05) is 0 Å². The van der Waals surface area contributed by atoms with E-state index in [0.717, 1.165) is 59.8 Å². The number of aliphatic hydroxyl groups is 1. The van der Waals surface area contributed by atoms with Crippen LogP contribution in [0, 0.1) is 6.92 Å². The zero-order chi connectivity index (χ0) is 31.9. The zero-order valence-electron chi connectivity index (χ0n) is 25.3. The lowest BCUT2D eigenvalue weighted by atomic mass is 9.93. The van der Waals surface area contributed by atoms with E-state index in [4.69, 9.17) is 21.7 Å². The maximum Gasteiger partial charge on any atom is 0.307 e. The van der Waals surface area contributed by atoms with Gasteiger partial charge in [-0.3, -0.25) is 23.9 Å². The number of nitrogens with zero attached hydrogens (tertiary/aromatic N) is 4. The number of aliphatic carboxylic acids is 1. The van der Waals surface area contributed by atoms with E-state index in [1.54, 1.807) is 38.7 Å². The molecule has 0 bridgehead atoms. The van der Waals surface area contributed by atoms with Crippen LogP contribution in [0.5, 0.6) is 0 Å². The molecule has 10 heteroatoms. The monoisotopic (exact) mass is 628 g/mol. The summed E-state index contributed by atoms with van der Waals surface area (Å²) >= 11 is 7.67. The van der Waals surface area contributed by atoms with Gasteiger partial charge in [0.15, 0.2) is 0 Å². The van der Waals surface area contributed by atoms with Gasteiger partial charge in [-0.15, -0.1) is 11.3 Å². The average molecular weight is 629 g/mol. The molecule has 3 aromatic carbocycles. The molecule has 6 aromatic rings. The molecule has 0 aliphatic carbocycles. The Bertz CT molecular complexity index is 2080. The van der Waals surface area contributed by atoms with E-state index in [9.17, 15) is 14.7 Å². The molecule has 226 valence electrons. The van der Waals surface area contributed by atoms with Crippen LogP contribution in [-0.4, -0.2) is 41.1 Å². The van der Waals surface area contributed by atoms with Gasteiger partial charge in [0.1, 0.15) is 5.01 Å². The van der Waals surface area contributed by atoms with Crippen LogP contribution in [0.15, 0.2) is 71.7 Å². The Balaban J connectivity index is 0.000000712. The van der Waals surface area contributed by atoms with Crippen molar-refractivity contribution in [2.24, 2.45) is 14.1 Å². The number of fused-ring (bicyclic) bond motifs is 2. The number of hydrogen-bond donors (Lipinski definition) is 2. The Hall–Kier alpha value is -4.31. The van der Waals surface area contributed by atoms with E-state index >= 15 is 0 Å². The van der Waals surface area contributed by atoms with Crippen molar-refractivity contribution in [1.82, 2.24) is 19.3 Å². The number of carboxylic acid groups (broad SMARTS) is 1. The zero-order valence-corrected chi connectivity index (χ0v) is 26.9. The summed E-state index contributed by atoms with van der Waals surface area (Å²) in [5, 5.41) is 20.2. The Kier molecular flexibility index (Phi) is 8.49. The molecule has 44 heavy (non-hydrogen) atoms. The van der Waals surface area contributed by atoms with Gasteiger partial charge >= 0.3 is 5.97 Å². The molecule has 6 rings (SSSR count). The van der Waals surface area contributed by atoms with Crippen LogP contribution in [0.25, 0.3) is 54.1 Å². The fourth-order valence-electron chi connectivity index (χ4n) is 4.99. The molecule has 0 fully saturated rings. The first-order chi connectivity index (χ1) is 20.7. The highest BCUT2D eigenvalue weighted by atomic mass is 35.5. The number of pyridine rings is 1. The Morgan fingerprint density at radius 1 is 0.955 bits per heavy atom. The molecule has 0 aliphatic rings. The van der Waals surface area contributed by atoms with Gasteiger partial charge < -0.3 is 10.2 Å². The molecule has 8 nitrogen and oxygen atoms in total. The first-order valence-corrected chi connectivity index (χ1v) is 15.2. The van der Waals surface area contributed by atoms with E-state index in [0.29, 0.717) is 10.4 Å². The normalized spacial score (nSPS) is 11.5. The summed E-state index contributed by atoms with van der Waals surface area (Å²) in [6.45, 7) is 7.15. The number of thiazole rings is 1. The third-order valence-corrected chi connectivity index (χ3v) is 8.49. The predicted molar refractivity (Wildman–Crippen MR) is 178 cm³/mol. The van der Waals surface area contributed by atoms with Crippen molar-refractivity contribution >= 4 is 50.0 Å².